The summed E-state index contributed by atoms with van der Waals surface area (Å²) in [5.41, 5.74) is 0.610. The molecule has 3 fully saturated rings. The van der Waals surface area contributed by atoms with Crippen LogP contribution in [-0.4, -0.2) is 55.3 Å². The van der Waals surface area contributed by atoms with Crippen LogP contribution in [0.25, 0.3) is 0 Å². The zero-order chi connectivity index (χ0) is 19.3. The van der Waals surface area contributed by atoms with Crippen LogP contribution in [0.1, 0.15) is 61.7 Å². The number of carbonyl (C=O) groups is 1. The van der Waals surface area contributed by atoms with E-state index in [0.717, 1.165) is 64.8 Å². The minimum absolute atomic E-state index is 0.0369. The molecule has 2 saturated heterocycles. The number of benzene rings is 1. The zero-order valence-corrected chi connectivity index (χ0v) is 17.3. The number of hydrogen-bond donors (Lipinski definition) is 1. The largest absolute Gasteiger partial charge is 0.489 e. The molecule has 1 aromatic carbocycles. The van der Waals surface area contributed by atoms with Gasteiger partial charge in [0.25, 0.3) is 5.91 Å². The zero-order valence-electron chi connectivity index (χ0n) is 16.5. The molecule has 0 unspecified atom stereocenters. The molecule has 0 radical (unpaired) electrons. The van der Waals surface area contributed by atoms with Gasteiger partial charge in [-0.05, 0) is 56.7 Å². The SMILES string of the molecule is O=C(NC1CCCC1)c1ccc(OC2CCN(C3CCOCC3)CC2)c(Cl)c1. The molecule has 1 amide bonds. The summed E-state index contributed by atoms with van der Waals surface area (Å²) in [6.45, 7) is 3.90. The lowest BCUT2D eigenvalue weighted by Crippen LogP contribution is -2.46. The quantitative estimate of drug-likeness (QED) is 0.801. The van der Waals surface area contributed by atoms with Gasteiger partial charge in [0.1, 0.15) is 11.9 Å². The second-order valence-electron chi connectivity index (χ2n) is 8.30. The first-order valence-electron chi connectivity index (χ1n) is 10.8. The monoisotopic (exact) mass is 406 g/mol. The van der Waals surface area contributed by atoms with Gasteiger partial charge in [-0.2, -0.15) is 0 Å². The third kappa shape index (κ3) is 5.00. The van der Waals surface area contributed by atoms with Crippen molar-refractivity contribution in [3.63, 3.8) is 0 Å². The van der Waals surface area contributed by atoms with E-state index in [1.807, 2.05) is 12.1 Å². The van der Waals surface area contributed by atoms with Crippen LogP contribution in [0.2, 0.25) is 5.02 Å². The molecule has 2 heterocycles. The summed E-state index contributed by atoms with van der Waals surface area (Å²) in [6.07, 6.45) is 9.04. The Morgan fingerprint density at radius 2 is 1.79 bits per heavy atom. The number of nitrogens with one attached hydrogen (secondary N) is 1. The molecule has 154 valence electrons. The molecular formula is C22H31ClN2O3. The predicted molar refractivity (Wildman–Crippen MR) is 110 cm³/mol. The van der Waals surface area contributed by atoms with Crippen molar-refractivity contribution in [2.24, 2.45) is 0 Å². The standard InChI is InChI=1S/C22H31ClN2O3/c23-20-15-16(22(26)24-17-3-1-2-4-17)5-6-21(20)28-19-7-11-25(12-8-19)18-9-13-27-14-10-18/h5-6,15,17-19H,1-4,7-14H2,(H,24,26). The molecule has 0 atom stereocenters. The predicted octanol–water partition coefficient (Wildman–Crippen LogP) is 4.03. The van der Waals surface area contributed by atoms with Gasteiger partial charge in [-0.25, -0.2) is 0 Å². The summed E-state index contributed by atoms with van der Waals surface area (Å²) in [6, 6.07) is 6.37. The Balaban J connectivity index is 1.28. The lowest BCUT2D eigenvalue weighted by molar-refractivity contribution is 0.0101. The molecule has 6 heteroatoms. The van der Waals surface area contributed by atoms with Gasteiger partial charge in [-0.3, -0.25) is 9.69 Å². The first-order valence-corrected chi connectivity index (χ1v) is 11.2. The smallest absolute Gasteiger partial charge is 0.251 e. The van der Waals surface area contributed by atoms with Crippen molar-refractivity contribution in [3.05, 3.63) is 28.8 Å². The van der Waals surface area contributed by atoms with E-state index in [1.54, 1.807) is 6.07 Å². The van der Waals surface area contributed by atoms with Crippen molar-refractivity contribution in [3.8, 4) is 5.75 Å². The van der Waals surface area contributed by atoms with Crippen molar-refractivity contribution in [2.45, 2.75) is 69.6 Å². The Kier molecular flexibility index (Phi) is 6.76. The summed E-state index contributed by atoms with van der Waals surface area (Å²) in [7, 11) is 0. The van der Waals surface area contributed by atoms with Crippen LogP contribution in [0.3, 0.4) is 0 Å². The van der Waals surface area contributed by atoms with Gasteiger partial charge in [0.2, 0.25) is 0 Å². The van der Waals surface area contributed by atoms with Gasteiger partial charge in [-0.1, -0.05) is 24.4 Å². The lowest BCUT2D eigenvalue weighted by atomic mass is 10.0. The highest BCUT2D eigenvalue weighted by Crippen LogP contribution is 2.29. The van der Waals surface area contributed by atoms with Crippen molar-refractivity contribution in [2.75, 3.05) is 26.3 Å². The van der Waals surface area contributed by atoms with E-state index >= 15 is 0 Å². The Labute approximate surface area is 172 Å². The van der Waals surface area contributed by atoms with Crippen molar-refractivity contribution < 1.29 is 14.3 Å². The minimum atomic E-state index is -0.0369. The van der Waals surface area contributed by atoms with E-state index < -0.39 is 0 Å². The summed E-state index contributed by atoms with van der Waals surface area (Å²) in [5, 5.41) is 3.63. The van der Waals surface area contributed by atoms with E-state index in [0.29, 0.717) is 28.4 Å². The fourth-order valence-electron chi connectivity index (χ4n) is 4.67. The molecule has 2 aliphatic heterocycles. The van der Waals surface area contributed by atoms with Crippen LogP contribution in [0.5, 0.6) is 5.75 Å². The number of nitrogens with zero attached hydrogens (tertiary/aromatic N) is 1. The summed E-state index contributed by atoms with van der Waals surface area (Å²) < 4.78 is 11.6. The molecule has 1 aromatic rings. The van der Waals surface area contributed by atoms with Crippen LogP contribution >= 0.6 is 11.6 Å². The average molecular weight is 407 g/mol. The number of hydrogen-bond acceptors (Lipinski definition) is 4. The van der Waals surface area contributed by atoms with E-state index in [2.05, 4.69) is 10.2 Å². The summed E-state index contributed by atoms with van der Waals surface area (Å²) in [5.74, 6) is 0.647. The van der Waals surface area contributed by atoms with Crippen molar-refractivity contribution >= 4 is 17.5 Å². The number of piperidine rings is 1. The summed E-state index contributed by atoms with van der Waals surface area (Å²) in [4.78, 5) is 15.0. The molecule has 1 saturated carbocycles. The van der Waals surface area contributed by atoms with Gasteiger partial charge in [0.05, 0.1) is 5.02 Å². The molecular weight excluding hydrogens is 376 g/mol. The Morgan fingerprint density at radius 1 is 1.07 bits per heavy atom. The molecule has 3 aliphatic rings. The van der Waals surface area contributed by atoms with Crippen LogP contribution < -0.4 is 10.1 Å². The lowest BCUT2D eigenvalue weighted by Gasteiger charge is -2.39. The maximum absolute atomic E-state index is 12.4. The molecule has 0 aromatic heterocycles. The number of carbonyl (C=O) groups excluding carboxylic acids is 1. The van der Waals surface area contributed by atoms with Gasteiger partial charge >= 0.3 is 0 Å². The minimum Gasteiger partial charge on any atom is -0.489 e. The van der Waals surface area contributed by atoms with E-state index in [1.165, 1.54) is 12.8 Å². The topological polar surface area (TPSA) is 50.8 Å². The molecule has 0 bridgehead atoms. The molecule has 1 N–H and O–H groups in total. The molecule has 4 rings (SSSR count). The van der Waals surface area contributed by atoms with Crippen molar-refractivity contribution in [1.29, 1.82) is 0 Å². The van der Waals surface area contributed by atoms with E-state index in [-0.39, 0.29) is 12.0 Å². The Bertz CT molecular complexity index is 664. The number of ether oxygens (including phenoxy) is 2. The van der Waals surface area contributed by atoms with Gasteiger partial charge < -0.3 is 14.8 Å². The first kappa shape index (κ1) is 20.0. The average Bonchev–Trinajstić information content (AvgIpc) is 3.24. The van der Waals surface area contributed by atoms with E-state index in [4.69, 9.17) is 21.1 Å². The van der Waals surface area contributed by atoms with Crippen LogP contribution in [0.4, 0.5) is 0 Å². The van der Waals surface area contributed by atoms with Gasteiger partial charge in [-0.15, -0.1) is 0 Å². The highest BCUT2D eigenvalue weighted by atomic mass is 35.5. The van der Waals surface area contributed by atoms with Crippen molar-refractivity contribution in [1.82, 2.24) is 10.2 Å². The van der Waals surface area contributed by atoms with Gasteiger partial charge in [0, 0.05) is 44.0 Å². The highest BCUT2D eigenvalue weighted by Gasteiger charge is 2.27. The molecule has 28 heavy (non-hydrogen) atoms. The fourth-order valence-corrected chi connectivity index (χ4v) is 4.89. The molecule has 5 nitrogen and oxygen atoms in total. The Hall–Kier alpha value is -1.30. The maximum Gasteiger partial charge on any atom is 0.251 e. The number of likely N-dealkylation sites (tertiary alicyclic amines) is 1. The number of rotatable bonds is 5. The fraction of sp³-hybridized carbons (Fsp3) is 0.682. The second kappa shape index (κ2) is 9.47. The highest BCUT2D eigenvalue weighted by molar-refractivity contribution is 6.32. The molecule has 0 spiro atoms. The maximum atomic E-state index is 12.4. The van der Waals surface area contributed by atoms with Crippen LogP contribution in [0, 0.1) is 0 Å². The second-order valence-corrected chi connectivity index (χ2v) is 8.70. The normalized spacial score (nSPS) is 23.0. The Morgan fingerprint density at radius 3 is 2.46 bits per heavy atom. The molecule has 1 aliphatic carbocycles. The number of halogens is 1. The first-order chi connectivity index (χ1) is 13.7. The third-order valence-electron chi connectivity index (χ3n) is 6.36. The summed E-state index contributed by atoms with van der Waals surface area (Å²) >= 11 is 6.43. The van der Waals surface area contributed by atoms with E-state index in [9.17, 15) is 4.79 Å². The number of amides is 1. The van der Waals surface area contributed by atoms with Crippen LogP contribution in [0.15, 0.2) is 18.2 Å². The van der Waals surface area contributed by atoms with Crippen LogP contribution in [-0.2, 0) is 4.74 Å². The van der Waals surface area contributed by atoms with Gasteiger partial charge in [0.15, 0.2) is 0 Å². The third-order valence-corrected chi connectivity index (χ3v) is 6.66.